The Hall–Kier alpha value is -0.590. The van der Waals surface area contributed by atoms with E-state index in [1.807, 2.05) is 0 Å². The lowest BCUT2D eigenvalue weighted by Crippen LogP contribution is -2.08. The first-order valence-corrected chi connectivity index (χ1v) is 6.65. The normalized spacial score (nSPS) is 17.7. The van der Waals surface area contributed by atoms with Crippen LogP contribution in [0.15, 0.2) is 5.16 Å². The molecule has 16 heavy (non-hydrogen) atoms. The molecule has 6 heteroatoms. The summed E-state index contributed by atoms with van der Waals surface area (Å²) in [5.74, 6) is 1.75. The van der Waals surface area contributed by atoms with Gasteiger partial charge in [-0.3, -0.25) is 0 Å². The van der Waals surface area contributed by atoms with Gasteiger partial charge in [-0.2, -0.15) is 0 Å². The summed E-state index contributed by atoms with van der Waals surface area (Å²) in [5, 5.41) is 18.4. The van der Waals surface area contributed by atoms with Gasteiger partial charge in [0.15, 0.2) is 5.16 Å². The SMILES string of the molecule is CC(O)CCSc1nnc(CN)n1C1CC1. The van der Waals surface area contributed by atoms with Crippen LogP contribution in [0.1, 0.15) is 38.1 Å². The van der Waals surface area contributed by atoms with Crippen LogP contribution >= 0.6 is 11.8 Å². The minimum Gasteiger partial charge on any atom is -0.393 e. The van der Waals surface area contributed by atoms with Crippen LogP contribution in [-0.2, 0) is 6.54 Å². The Balaban J connectivity index is 1.99. The number of thioether (sulfide) groups is 1. The molecule has 1 unspecified atom stereocenters. The first-order valence-electron chi connectivity index (χ1n) is 5.67. The van der Waals surface area contributed by atoms with Gasteiger partial charge in [0.1, 0.15) is 5.82 Å². The van der Waals surface area contributed by atoms with E-state index in [9.17, 15) is 5.11 Å². The van der Waals surface area contributed by atoms with Crippen LogP contribution in [0.3, 0.4) is 0 Å². The van der Waals surface area contributed by atoms with Crippen molar-refractivity contribution in [3.63, 3.8) is 0 Å². The molecule has 90 valence electrons. The Labute approximate surface area is 99.4 Å². The highest BCUT2D eigenvalue weighted by Gasteiger charge is 2.28. The van der Waals surface area contributed by atoms with Crippen molar-refractivity contribution in [1.82, 2.24) is 14.8 Å². The van der Waals surface area contributed by atoms with E-state index in [-0.39, 0.29) is 6.10 Å². The highest BCUT2D eigenvalue weighted by atomic mass is 32.2. The second kappa shape index (κ2) is 5.16. The molecule has 0 aromatic carbocycles. The monoisotopic (exact) mass is 242 g/mol. The van der Waals surface area contributed by atoms with E-state index in [2.05, 4.69) is 14.8 Å². The second-order valence-corrected chi connectivity index (χ2v) is 5.25. The van der Waals surface area contributed by atoms with Crippen LogP contribution in [0.2, 0.25) is 0 Å². The Morgan fingerprint density at radius 1 is 1.56 bits per heavy atom. The van der Waals surface area contributed by atoms with Gasteiger partial charge in [-0.15, -0.1) is 10.2 Å². The zero-order valence-corrected chi connectivity index (χ0v) is 10.3. The Kier molecular flexibility index (Phi) is 3.83. The number of rotatable bonds is 6. The standard InChI is InChI=1S/C10H18N4OS/c1-7(15)4-5-16-10-13-12-9(6-11)14(10)8-2-3-8/h7-8,15H,2-6,11H2,1H3. The van der Waals surface area contributed by atoms with Gasteiger partial charge < -0.3 is 15.4 Å². The number of hydrogen-bond donors (Lipinski definition) is 2. The minimum atomic E-state index is -0.251. The van der Waals surface area contributed by atoms with Crippen LogP contribution in [-0.4, -0.2) is 31.7 Å². The number of hydrogen-bond acceptors (Lipinski definition) is 5. The largest absolute Gasteiger partial charge is 0.393 e. The van der Waals surface area contributed by atoms with Crippen LogP contribution in [0.4, 0.5) is 0 Å². The van der Waals surface area contributed by atoms with E-state index in [1.165, 1.54) is 12.8 Å². The Morgan fingerprint density at radius 2 is 2.31 bits per heavy atom. The number of aliphatic hydroxyl groups excluding tert-OH is 1. The van der Waals surface area contributed by atoms with Gasteiger partial charge in [-0.1, -0.05) is 11.8 Å². The summed E-state index contributed by atoms with van der Waals surface area (Å²) < 4.78 is 2.16. The Morgan fingerprint density at radius 3 is 2.88 bits per heavy atom. The number of nitrogens with zero attached hydrogens (tertiary/aromatic N) is 3. The van der Waals surface area contributed by atoms with E-state index < -0.39 is 0 Å². The van der Waals surface area contributed by atoms with Gasteiger partial charge in [0.25, 0.3) is 0 Å². The lowest BCUT2D eigenvalue weighted by molar-refractivity contribution is 0.192. The molecule has 0 aliphatic heterocycles. The van der Waals surface area contributed by atoms with Crippen molar-refractivity contribution in [3.8, 4) is 0 Å². The van der Waals surface area contributed by atoms with Gasteiger partial charge in [0, 0.05) is 11.8 Å². The molecule has 0 amide bonds. The van der Waals surface area contributed by atoms with E-state index >= 15 is 0 Å². The van der Waals surface area contributed by atoms with Gasteiger partial charge in [-0.25, -0.2) is 0 Å². The van der Waals surface area contributed by atoms with Crippen molar-refractivity contribution < 1.29 is 5.11 Å². The maximum atomic E-state index is 9.20. The molecule has 0 bridgehead atoms. The molecule has 1 heterocycles. The number of aliphatic hydroxyl groups is 1. The summed E-state index contributed by atoms with van der Waals surface area (Å²) in [6.07, 6.45) is 2.93. The Bertz CT molecular complexity index is 349. The van der Waals surface area contributed by atoms with E-state index in [0.29, 0.717) is 12.6 Å². The molecule has 1 aliphatic rings. The van der Waals surface area contributed by atoms with Crippen LogP contribution < -0.4 is 5.73 Å². The molecule has 3 N–H and O–H groups in total. The molecule has 1 saturated carbocycles. The zero-order chi connectivity index (χ0) is 11.5. The first-order chi connectivity index (χ1) is 7.72. The van der Waals surface area contributed by atoms with Gasteiger partial charge in [-0.05, 0) is 26.2 Å². The lowest BCUT2D eigenvalue weighted by atomic mass is 10.3. The molecule has 1 aromatic heterocycles. The highest BCUT2D eigenvalue weighted by Crippen LogP contribution is 2.38. The molecule has 1 fully saturated rings. The summed E-state index contributed by atoms with van der Waals surface area (Å²) in [7, 11) is 0. The van der Waals surface area contributed by atoms with E-state index in [0.717, 1.165) is 23.2 Å². The van der Waals surface area contributed by atoms with Crippen molar-refractivity contribution in [1.29, 1.82) is 0 Å². The van der Waals surface area contributed by atoms with E-state index in [1.54, 1.807) is 18.7 Å². The van der Waals surface area contributed by atoms with E-state index in [4.69, 9.17) is 5.73 Å². The molecule has 1 atom stereocenters. The van der Waals surface area contributed by atoms with Gasteiger partial charge in [0.2, 0.25) is 0 Å². The smallest absolute Gasteiger partial charge is 0.191 e. The predicted octanol–water partition coefficient (Wildman–Crippen LogP) is 0.935. The molecule has 0 radical (unpaired) electrons. The summed E-state index contributed by atoms with van der Waals surface area (Å²) in [6.45, 7) is 2.25. The first kappa shape index (κ1) is 11.9. The topological polar surface area (TPSA) is 77.0 Å². The fraction of sp³-hybridized carbons (Fsp3) is 0.800. The molecule has 5 nitrogen and oxygen atoms in total. The van der Waals surface area contributed by atoms with Crippen molar-refractivity contribution in [3.05, 3.63) is 5.82 Å². The fourth-order valence-corrected chi connectivity index (χ4v) is 2.70. The minimum absolute atomic E-state index is 0.251. The molecule has 0 spiro atoms. The van der Waals surface area contributed by atoms with Crippen LogP contribution in [0.25, 0.3) is 0 Å². The van der Waals surface area contributed by atoms with Crippen LogP contribution in [0.5, 0.6) is 0 Å². The van der Waals surface area contributed by atoms with Crippen LogP contribution in [0, 0.1) is 0 Å². The average Bonchev–Trinajstić information content (AvgIpc) is 3.00. The molecular weight excluding hydrogens is 224 g/mol. The number of aromatic nitrogens is 3. The average molecular weight is 242 g/mol. The molecular formula is C10H18N4OS. The maximum absolute atomic E-state index is 9.20. The third-order valence-electron chi connectivity index (χ3n) is 2.60. The summed E-state index contributed by atoms with van der Waals surface area (Å²) in [4.78, 5) is 0. The molecule has 2 rings (SSSR count). The molecule has 1 aliphatic carbocycles. The summed E-state index contributed by atoms with van der Waals surface area (Å²) in [5.41, 5.74) is 5.63. The van der Waals surface area contributed by atoms with Crippen molar-refractivity contribution in [2.24, 2.45) is 5.73 Å². The van der Waals surface area contributed by atoms with Gasteiger partial charge >= 0.3 is 0 Å². The summed E-state index contributed by atoms with van der Waals surface area (Å²) in [6, 6.07) is 0.558. The maximum Gasteiger partial charge on any atom is 0.191 e. The van der Waals surface area contributed by atoms with Crippen molar-refractivity contribution in [2.75, 3.05) is 5.75 Å². The molecule has 1 aromatic rings. The fourth-order valence-electron chi connectivity index (χ4n) is 1.57. The van der Waals surface area contributed by atoms with Gasteiger partial charge in [0.05, 0.1) is 12.6 Å². The molecule has 0 saturated heterocycles. The zero-order valence-electron chi connectivity index (χ0n) is 9.46. The quantitative estimate of drug-likeness (QED) is 0.726. The van der Waals surface area contributed by atoms with Crippen molar-refractivity contribution in [2.45, 2.75) is 50.0 Å². The highest BCUT2D eigenvalue weighted by molar-refractivity contribution is 7.99. The number of nitrogens with two attached hydrogens (primary N) is 1. The third kappa shape index (κ3) is 2.75. The predicted molar refractivity (Wildman–Crippen MR) is 63.2 cm³/mol. The van der Waals surface area contributed by atoms with Crippen molar-refractivity contribution >= 4 is 11.8 Å². The summed E-state index contributed by atoms with van der Waals surface area (Å²) >= 11 is 1.65. The second-order valence-electron chi connectivity index (χ2n) is 4.19. The lowest BCUT2D eigenvalue weighted by Gasteiger charge is -2.07. The third-order valence-corrected chi connectivity index (χ3v) is 3.57.